The lowest BCUT2D eigenvalue weighted by Crippen LogP contribution is -2.38. The van der Waals surface area contributed by atoms with Gasteiger partial charge in [-0.3, -0.25) is 14.5 Å². The largest absolute Gasteiger partial charge is 0.331 e. The van der Waals surface area contributed by atoms with Gasteiger partial charge in [-0.2, -0.15) is 5.10 Å². The van der Waals surface area contributed by atoms with Crippen LogP contribution < -0.4 is 0 Å². The third-order valence-electron chi connectivity index (χ3n) is 4.12. The van der Waals surface area contributed by atoms with Crippen LogP contribution in [-0.2, 0) is 13.1 Å². The molecular weight excluding hydrogens is 359 g/mol. The molecule has 0 N–H and O–H groups in total. The zero-order chi connectivity index (χ0) is 17.4. The lowest BCUT2D eigenvalue weighted by Gasteiger charge is -2.27. The normalized spacial score (nSPS) is 13.6. The summed E-state index contributed by atoms with van der Waals surface area (Å²) in [7, 11) is 0. The summed E-state index contributed by atoms with van der Waals surface area (Å²) in [5.74, 6) is -0.0868. The van der Waals surface area contributed by atoms with Crippen molar-refractivity contribution >= 4 is 29.1 Å². The van der Waals surface area contributed by atoms with Crippen molar-refractivity contribution in [2.24, 2.45) is 0 Å². The zero-order valence-electron chi connectivity index (χ0n) is 13.2. The highest BCUT2D eigenvalue weighted by Crippen LogP contribution is 2.24. The average Bonchev–Trinajstić information content (AvgIpc) is 3.04. The van der Waals surface area contributed by atoms with Crippen LogP contribution in [0.25, 0.3) is 11.4 Å². The van der Waals surface area contributed by atoms with Gasteiger partial charge in [0.25, 0.3) is 5.91 Å². The number of aromatic nitrogens is 3. The topological polar surface area (TPSA) is 51.0 Å². The maximum absolute atomic E-state index is 12.8. The zero-order valence-corrected chi connectivity index (χ0v) is 14.7. The van der Waals surface area contributed by atoms with E-state index in [9.17, 15) is 4.79 Å². The number of amides is 1. The van der Waals surface area contributed by atoms with E-state index in [1.807, 2.05) is 28.9 Å². The molecule has 2 aromatic heterocycles. The number of pyridine rings is 1. The van der Waals surface area contributed by atoms with E-state index in [2.05, 4.69) is 10.1 Å². The van der Waals surface area contributed by atoms with Crippen LogP contribution in [0.5, 0.6) is 0 Å². The van der Waals surface area contributed by atoms with Crippen molar-refractivity contribution in [3.63, 3.8) is 0 Å². The van der Waals surface area contributed by atoms with Crippen molar-refractivity contribution in [2.45, 2.75) is 13.1 Å². The molecule has 126 valence electrons. The number of carbonyl (C=O) groups is 1. The third-order valence-corrected chi connectivity index (χ3v) is 4.56. The summed E-state index contributed by atoms with van der Waals surface area (Å²) >= 11 is 12.0. The van der Waals surface area contributed by atoms with Crippen molar-refractivity contribution < 1.29 is 4.79 Å². The van der Waals surface area contributed by atoms with Gasteiger partial charge in [-0.05, 0) is 36.4 Å². The molecule has 3 aromatic rings. The van der Waals surface area contributed by atoms with Gasteiger partial charge in [0.2, 0.25) is 0 Å². The fourth-order valence-corrected chi connectivity index (χ4v) is 3.47. The SMILES string of the molecule is O=C(c1cc(Cl)cc(Cl)c1)N1CCn2nc(-c3ccccn3)cc2C1. The minimum Gasteiger partial charge on any atom is -0.331 e. The number of hydrogen-bond donors (Lipinski definition) is 0. The Bertz CT molecular complexity index is 919. The van der Waals surface area contributed by atoms with Crippen molar-refractivity contribution in [3.8, 4) is 11.4 Å². The first-order valence-corrected chi connectivity index (χ1v) is 8.59. The van der Waals surface area contributed by atoms with Gasteiger partial charge < -0.3 is 4.90 Å². The molecule has 1 aromatic carbocycles. The monoisotopic (exact) mass is 372 g/mol. The molecule has 0 saturated heterocycles. The number of benzene rings is 1. The van der Waals surface area contributed by atoms with E-state index in [4.69, 9.17) is 23.2 Å². The molecule has 0 saturated carbocycles. The summed E-state index contributed by atoms with van der Waals surface area (Å²) < 4.78 is 1.93. The highest BCUT2D eigenvalue weighted by Gasteiger charge is 2.24. The third kappa shape index (κ3) is 3.25. The van der Waals surface area contributed by atoms with Gasteiger partial charge in [-0.15, -0.1) is 0 Å². The van der Waals surface area contributed by atoms with E-state index in [-0.39, 0.29) is 5.91 Å². The summed E-state index contributed by atoms with van der Waals surface area (Å²) in [6.07, 6.45) is 1.74. The van der Waals surface area contributed by atoms with Crippen molar-refractivity contribution in [1.29, 1.82) is 0 Å². The molecule has 0 bridgehead atoms. The lowest BCUT2D eigenvalue weighted by molar-refractivity contribution is 0.0706. The molecule has 0 aliphatic carbocycles. The Morgan fingerprint density at radius 2 is 1.80 bits per heavy atom. The molecule has 3 heterocycles. The Labute approximate surface area is 154 Å². The molecule has 1 aliphatic heterocycles. The molecule has 7 heteroatoms. The van der Waals surface area contributed by atoms with E-state index in [0.717, 1.165) is 17.1 Å². The minimum atomic E-state index is -0.0868. The lowest BCUT2D eigenvalue weighted by atomic mass is 10.1. The molecule has 4 rings (SSSR count). The Balaban J connectivity index is 1.58. The first kappa shape index (κ1) is 16.1. The van der Waals surface area contributed by atoms with Crippen molar-refractivity contribution in [2.75, 3.05) is 6.54 Å². The maximum atomic E-state index is 12.8. The number of fused-ring (bicyclic) bond motifs is 1. The van der Waals surface area contributed by atoms with Crippen LogP contribution >= 0.6 is 23.2 Å². The van der Waals surface area contributed by atoms with Gasteiger partial charge >= 0.3 is 0 Å². The van der Waals surface area contributed by atoms with Crippen LogP contribution in [0, 0.1) is 0 Å². The molecule has 1 aliphatic rings. The molecular formula is C18H14Cl2N4O. The van der Waals surface area contributed by atoms with Gasteiger partial charge in [-0.1, -0.05) is 29.3 Å². The summed E-state index contributed by atoms with van der Waals surface area (Å²) in [6.45, 7) is 1.71. The Morgan fingerprint density at radius 1 is 1.00 bits per heavy atom. The quantitative estimate of drug-likeness (QED) is 0.685. The first-order valence-electron chi connectivity index (χ1n) is 7.84. The van der Waals surface area contributed by atoms with Crippen molar-refractivity contribution in [1.82, 2.24) is 19.7 Å². The molecule has 0 fully saturated rings. The molecule has 0 atom stereocenters. The van der Waals surface area contributed by atoms with Crippen LogP contribution in [0.4, 0.5) is 0 Å². The maximum Gasteiger partial charge on any atom is 0.254 e. The smallest absolute Gasteiger partial charge is 0.254 e. The summed E-state index contributed by atoms with van der Waals surface area (Å²) in [5, 5.41) is 5.50. The van der Waals surface area contributed by atoms with Crippen LogP contribution in [0.2, 0.25) is 10.0 Å². The van der Waals surface area contributed by atoms with E-state index >= 15 is 0 Å². The summed E-state index contributed by atoms with van der Waals surface area (Å²) in [6, 6.07) is 12.6. The number of halogens is 2. The highest BCUT2D eigenvalue weighted by molar-refractivity contribution is 6.35. The standard InChI is InChI=1S/C18H14Cl2N4O/c19-13-7-12(8-14(20)9-13)18(25)23-5-6-24-15(11-23)10-17(22-24)16-3-1-2-4-21-16/h1-4,7-10H,5-6,11H2. The molecule has 0 radical (unpaired) electrons. The van der Waals surface area contributed by atoms with Crippen LogP contribution in [0.3, 0.4) is 0 Å². The van der Waals surface area contributed by atoms with Crippen molar-refractivity contribution in [3.05, 3.63) is 70.0 Å². The Kier molecular flexibility index (Phi) is 4.19. The van der Waals surface area contributed by atoms with E-state index in [1.165, 1.54) is 0 Å². The number of carbonyl (C=O) groups excluding carboxylic acids is 1. The van der Waals surface area contributed by atoms with Gasteiger partial charge in [0.15, 0.2) is 0 Å². The average molecular weight is 373 g/mol. The number of hydrogen-bond acceptors (Lipinski definition) is 3. The van der Waals surface area contributed by atoms with Gasteiger partial charge in [0.05, 0.1) is 24.5 Å². The van der Waals surface area contributed by atoms with E-state index in [1.54, 1.807) is 29.3 Å². The number of nitrogens with zero attached hydrogens (tertiary/aromatic N) is 4. The molecule has 5 nitrogen and oxygen atoms in total. The molecule has 1 amide bonds. The van der Waals surface area contributed by atoms with Gasteiger partial charge in [0, 0.05) is 28.4 Å². The summed E-state index contributed by atoms with van der Waals surface area (Å²) in [5.41, 5.74) is 3.11. The van der Waals surface area contributed by atoms with Crippen LogP contribution in [0.15, 0.2) is 48.7 Å². The second-order valence-electron chi connectivity index (χ2n) is 5.84. The predicted molar refractivity (Wildman–Crippen MR) is 96.7 cm³/mol. The minimum absolute atomic E-state index is 0.0868. The second kappa shape index (κ2) is 6.50. The van der Waals surface area contributed by atoms with Gasteiger partial charge in [0.1, 0.15) is 5.69 Å². The van der Waals surface area contributed by atoms with E-state index < -0.39 is 0 Å². The Hall–Kier alpha value is -2.37. The van der Waals surface area contributed by atoms with Gasteiger partial charge in [-0.25, -0.2) is 0 Å². The second-order valence-corrected chi connectivity index (χ2v) is 6.72. The fraction of sp³-hybridized carbons (Fsp3) is 0.167. The van der Waals surface area contributed by atoms with E-state index in [0.29, 0.717) is 35.2 Å². The highest BCUT2D eigenvalue weighted by atomic mass is 35.5. The molecule has 0 spiro atoms. The number of rotatable bonds is 2. The first-order chi connectivity index (χ1) is 12.1. The fourth-order valence-electron chi connectivity index (χ4n) is 2.94. The predicted octanol–water partition coefficient (Wildman–Crippen LogP) is 3.91. The van der Waals surface area contributed by atoms with Crippen LogP contribution in [-0.4, -0.2) is 32.1 Å². The molecule has 25 heavy (non-hydrogen) atoms. The Morgan fingerprint density at radius 3 is 2.52 bits per heavy atom. The molecule has 0 unspecified atom stereocenters. The summed E-state index contributed by atoms with van der Waals surface area (Å²) in [4.78, 5) is 18.9. The van der Waals surface area contributed by atoms with Crippen LogP contribution in [0.1, 0.15) is 16.1 Å².